The Labute approximate surface area is 789 Å². The van der Waals surface area contributed by atoms with Crippen LogP contribution in [-0.2, 0) is 32.0 Å². The van der Waals surface area contributed by atoms with Crippen LogP contribution in [0.3, 0.4) is 0 Å². The lowest BCUT2D eigenvalue weighted by molar-refractivity contribution is -0.134. The minimum atomic E-state index is -0.0850. The summed E-state index contributed by atoms with van der Waals surface area (Å²) in [6, 6.07) is 30.6. The number of thiazole rings is 2. The largest absolute Gasteiger partial charge is 0.459 e. The van der Waals surface area contributed by atoms with Gasteiger partial charge in [0.2, 0.25) is 47.5 Å². The number of hydrogen-bond donors (Lipinski definition) is 0. The number of furan rings is 1. The molecule has 20 rings (SSSR count). The van der Waals surface area contributed by atoms with Crippen molar-refractivity contribution >= 4 is 93.3 Å². The number of aryl methyl sites for hydroxylation is 3. The minimum absolute atomic E-state index is 0.0850. The van der Waals surface area contributed by atoms with Crippen LogP contribution in [0.15, 0.2) is 143 Å². The van der Waals surface area contributed by atoms with Gasteiger partial charge in [0.05, 0.1) is 59.9 Å². The van der Waals surface area contributed by atoms with E-state index >= 15 is 0 Å². The summed E-state index contributed by atoms with van der Waals surface area (Å²) in [5.74, 6) is 7.90. The van der Waals surface area contributed by atoms with Gasteiger partial charge in [-0.1, -0.05) is 94.4 Å². The molecule has 3 aliphatic carbocycles. The molecule has 702 valence electrons. The van der Waals surface area contributed by atoms with E-state index in [-0.39, 0.29) is 29.7 Å². The lowest BCUT2D eigenvalue weighted by Gasteiger charge is -2.28. The van der Waals surface area contributed by atoms with Crippen molar-refractivity contribution < 1.29 is 32.9 Å². The maximum atomic E-state index is 12.4. The Morgan fingerprint density at radius 2 is 1.03 bits per heavy atom. The molecular weight excluding hydrogens is 1700 g/mol. The molecule has 3 aromatic carbocycles. The van der Waals surface area contributed by atoms with Gasteiger partial charge < -0.3 is 38.3 Å². The van der Waals surface area contributed by atoms with Gasteiger partial charge in [0.15, 0.2) is 5.76 Å². The molecule has 0 bridgehead atoms. The van der Waals surface area contributed by atoms with Gasteiger partial charge in [0.25, 0.3) is 5.91 Å². The molecule has 3 saturated carbocycles. The van der Waals surface area contributed by atoms with E-state index in [1.807, 2.05) is 76.3 Å². The molecule has 28 heteroatoms. The van der Waals surface area contributed by atoms with E-state index in [0.29, 0.717) is 54.3 Å². The summed E-state index contributed by atoms with van der Waals surface area (Å²) in [7, 11) is 4.10. The molecule has 9 aliphatic heterocycles. The number of benzene rings is 3. The summed E-state index contributed by atoms with van der Waals surface area (Å²) in [5.41, 5.74) is 14.2. The molecule has 0 radical (unpaired) electrons. The smallest absolute Gasteiger partial charge is 0.296 e. The van der Waals surface area contributed by atoms with E-state index in [9.17, 15) is 24.0 Å². The monoisotopic (exact) mass is 1840 g/mol. The zero-order chi connectivity index (χ0) is 91.9. The number of aromatic nitrogens is 4. The van der Waals surface area contributed by atoms with Crippen LogP contribution < -0.4 is 4.90 Å². The lowest BCUT2D eigenvalue weighted by atomic mass is 9.99. The summed E-state index contributed by atoms with van der Waals surface area (Å²) in [6.07, 6.45) is 31.4. The Balaban J connectivity index is 0.000000123. The third-order valence-corrected chi connectivity index (χ3v) is 29.1. The maximum Gasteiger partial charge on any atom is 0.296 e. The number of hydrogen-bond acceptors (Lipinski definition) is 22. The fourth-order valence-electron chi connectivity index (χ4n) is 19.1. The number of anilines is 1. The Morgan fingerprint density at radius 3 is 1.56 bits per heavy atom. The highest BCUT2D eigenvalue weighted by Crippen LogP contribution is 2.40. The number of likely N-dealkylation sites (tertiary alicyclic amines) is 5. The van der Waals surface area contributed by atoms with Gasteiger partial charge in [-0.2, -0.15) is 0 Å². The van der Waals surface area contributed by atoms with Crippen molar-refractivity contribution in [2.75, 3.05) is 130 Å². The maximum absolute atomic E-state index is 12.4. The highest BCUT2D eigenvalue weighted by molar-refractivity contribution is 7.10. The Bertz CT molecular complexity index is 5100. The van der Waals surface area contributed by atoms with Gasteiger partial charge in [0, 0.05) is 193 Å². The molecule has 1 atom stereocenters. The molecule has 5 aromatic heterocycles. The molecule has 5 saturated heterocycles. The van der Waals surface area contributed by atoms with Crippen molar-refractivity contribution in [2.24, 2.45) is 43.6 Å². The van der Waals surface area contributed by atoms with Crippen molar-refractivity contribution in [1.82, 2.24) is 64.2 Å². The van der Waals surface area contributed by atoms with E-state index in [1.165, 1.54) is 135 Å². The fraction of sp³-hybridized carbons (Fsp3) is 0.563. The fourth-order valence-corrected chi connectivity index (χ4v) is 20.9. The van der Waals surface area contributed by atoms with Crippen molar-refractivity contribution in [3.8, 4) is 22.5 Å². The van der Waals surface area contributed by atoms with Crippen molar-refractivity contribution in [3.05, 3.63) is 180 Å². The second-order valence-corrected chi connectivity index (χ2v) is 39.6. The highest BCUT2D eigenvalue weighted by Gasteiger charge is 2.42. The number of halogens is 1. The van der Waals surface area contributed by atoms with Gasteiger partial charge in [-0.15, -0.1) is 22.7 Å². The van der Waals surface area contributed by atoms with Crippen LogP contribution in [0.1, 0.15) is 253 Å². The molecule has 1 unspecified atom stereocenters. The van der Waals surface area contributed by atoms with Crippen LogP contribution in [0.25, 0.3) is 22.5 Å². The van der Waals surface area contributed by atoms with Crippen LogP contribution in [0.2, 0.25) is 5.02 Å². The first-order valence-electron chi connectivity index (χ1n) is 48.8. The first kappa shape index (κ1) is 96.9. The first-order valence-corrected chi connectivity index (χ1v) is 50.9. The second-order valence-electron chi connectivity index (χ2n) is 37.3. The lowest BCUT2D eigenvalue weighted by Crippen LogP contribution is -2.46. The highest BCUT2D eigenvalue weighted by atomic mass is 35.5. The quantitative estimate of drug-likeness (QED) is 0.0822. The van der Waals surface area contributed by atoms with Gasteiger partial charge >= 0.3 is 0 Å². The number of pyridine rings is 1. The number of guanidine groups is 4. The van der Waals surface area contributed by atoms with Gasteiger partial charge in [-0.3, -0.25) is 68.5 Å². The molecule has 0 spiro atoms. The third kappa shape index (κ3) is 26.0. The van der Waals surface area contributed by atoms with E-state index in [0.717, 1.165) is 242 Å². The average Bonchev–Trinajstić information content (AvgIpc) is 1.66. The van der Waals surface area contributed by atoms with Crippen LogP contribution in [0.4, 0.5) is 5.69 Å². The number of aliphatic imine (C=N–C) groups is 4. The molecule has 8 aromatic rings. The topological polar surface area (TPSA) is 245 Å². The molecule has 25 nitrogen and oxygen atoms in total. The van der Waals surface area contributed by atoms with Gasteiger partial charge in [0.1, 0.15) is 11.5 Å². The Hall–Kier alpha value is -10.1. The third-order valence-electron chi connectivity index (χ3n) is 27.1. The predicted octanol–water partition coefficient (Wildman–Crippen LogP) is 19.3. The van der Waals surface area contributed by atoms with Crippen molar-refractivity contribution in [3.63, 3.8) is 0 Å². The minimum Gasteiger partial charge on any atom is -0.459 e. The normalized spacial score (nSPS) is 18.9. The van der Waals surface area contributed by atoms with Crippen LogP contribution in [0, 0.1) is 51.4 Å². The molecular formula is C103H139ClN18O7S2. The number of amides is 5. The van der Waals surface area contributed by atoms with E-state index in [4.69, 9.17) is 30.5 Å². The van der Waals surface area contributed by atoms with Crippen LogP contribution >= 0.6 is 34.3 Å². The van der Waals surface area contributed by atoms with Crippen molar-refractivity contribution in [1.29, 1.82) is 0 Å². The summed E-state index contributed by atoms with van der Waals surface area (Å²) < 4.78 is 10.5. The number of rotatable bonds is 17. The number of carbonyl (C=O) groups excluding carboxylic acids is 5. The molecule has 8 fully saturated rings. The van der Waals surface area contributed by atoms with E-state index in [2.05, 4.69) is 163 Å². The zero-order valence-electron chi connectivity index (χ0n) is 79.2. The first-order chi connectivity index (χ1) is 63.6. The molecule has 0 N–H and O–H groups in total. The van der Waals surface area contributed by atoms with Crippen LogP contribution in [0.5, 0.6) is 0 Å². The molecule has 131 heavy (non-hydrogen) atoms. The number of carbonyl (C=O) groups is 5. The molecule has 14 heterocycles. The summed E-state index contributed by atoms with van der Waals surface area (Å²) in [5, 5.41) is 11.4. The second kappa shape index (κ2) is 47.5. The summed E-state index contributed by atoms with van der Waals surface area (Å²) in [6.45, 7) is 32.4. The molecule has 12 aliphatic rings. The zero-order valence-corrected chi connectivity index (χ0v) is 81.6. The SMILES string of the molecule is CC(C)c1cc(C2CCCN2C(=O)C2CC2)no1.CCC(CC)C(=O)N1CCN=C1N1CCCC1.CN(C)c1ccc(Cc2nc(-c3ccc(Cl)cc3)cs2)cc1.Cc1ccnc(Cc2nc(-c3cc(C)c(C)c(C)c3)cs2)c1.O=C(C1CCCC1)N1CCN=C1N1CCCC1.O=C(CC1CCCC1)N1CCN=C1N1CCCC1.O=C(c1ccco1)N1CCN=C1N1CCCC1. The Morgan fingerprint density at radius 1 is 0.519 bits per heavy atom. The van der Waals surface area contributed by atoms with Gasteiger partial charge in [-0.25, -0.2) is 9.97 Å². The predicted molar refractivity (Wildman–Crippen MR) is 527 cm³/mol. The molecule has 5 amide bonds. The summed E-state index contributed by atoms with van der Waals surface area (Å²) in [4.78, 5) is 114. The van der Waals surface area contributed by atoms with Crippen LogP contribution in [-0.4, -0.2) is 243 Å². The van der Waals surface area contributed by atoms with Crippen molar-refractivity contribution in [2.45, 2.75) is 228 Å². The standard InChI is InChI=1S/C19H20N2S.C18H17ClN2S.C14H23N3O.C14H20N2O2.C13H21N3O.C13H23N3O.C12H15N3O2/c1-12-5-6-20-17(7-12)10-19-21-18(11-22-19)16-8-13(2)15(4)14(3)9-16;1-21(2)16-9-3-13(4-10-16)11-18-20-17(12-22-18)14-5-7-15(19)8-6-14;18-13(11-12-5-1-2-6-12)17-10-7-15-14(17)16-8-3-4-9-16;1-9(2)13-8-11(15-18-13)12-4-3-7-16(12)14(17)10-5-6-10;17-12(11-5-1-2-6-11)16-10-7-14-13(16)15-8-3-4-9-15;1-3-11(4-2)12(17)16-10-7-14-13(16)15-8-5-6-9-15;16-11(10-4-3-9-17-10)15-8-5-13-12(15)14-6-1-2-7-14/h5-9,11H,10H2,1-4H3;3-10,12H,11H2,1-2H3;12H,1-11H2;8-10,12H,3-7H2,1-2H3;11H,1-10H2;11H,3-10H2,1-2H3;3-4,9H,1-2,5-8H2. The average molecular weight is 1840 g/mol. The van der Waals surface area contributed by atoms with Gasteiger partial charge in [-0.05, 0) is 238 Å². The van der Waals surface area contributed by atoms with E-state index < -0.39 is 0 Å². The Kier molecular flexibility index (Phi) is 35.1. The summed E-state index contributed by atoms with van der Waals surface area (Å²) >= 11 is 9.33. The number of nitrogens with zero attached hydrogens (tertiary/aromatic N) is 18. The van der Waals surface area contributed by atoms with E-state index in [1.54, 1.807) is 39.7 Å².